The zero-order valence-corrected chi connectivity index (χ0v) is 21.8. The van der Waals surface area contributed by atoms with Crippen LogP contribution in [0.5, 0.6) is 0 Å². The van der Waals surface area contributed by atoms with Crippen LogP contribution in [0, 0.1) is 23.7 Å². The molecule has 1 saturated heterocycles. The monoisotopic (exact) mass is 485 g/mol. The number of hydrogen-bond donors (Lipinski definition) is 0. The third kappa shape index (κ3) is 6.35. The number of carbonyl (C=O) groups is 2. The molecule has 2 saturated carbocycles. The summed E-state index contributed by atoms with van der Waals surface area (Å²) in [6.07, 6.45) is 12.7. The summed E-state index contributed by atoms with van der Waals surface area (Å²) < 4.78 is 0. The van der Waals surface area contributed by atoms with Gasteiger partial charge in [0.2, 0.25) is 0 Å². The minimum atomic E-state index is 0.171. The zero-order chi connectivity index (χ0) is 24.7. The topological polar surface area (TPSA) is 37.4 Å². The molecular formula is C33H43NO2. The molecule has 0 N–H and O–H groups in total. The maximum Gasteiger partial charge on any atom is 0.140 e. The summed E-state index contributed by atoms with van der Waals surface area (Å²) in [7, 11) is 0. The number of likely N-dealkylation sites (tertiary alicyclic amines) is 1. The Morgan fingerprint density at radius 1 is 0.694 bits per heavy atom. The van der Waals surface area contributed by atoms with Gasteiger partial charge in [0.15, 0.2) is 0 Å². The zero-order valence-electron chi connectivity index (χ0n) is 21.8. The van der Waals surface area contributed by atoms with Crippen LogP contribution in [0.15, 0.2) is 60.7 Å². The quantitative estimate of drug-likeness (QED) is 0.347. The van der Waals surface area contributed by atoms with Crippen molar-refractivity contribution in [3.8, 4) is 0 Å². The van der Waals surface area contributed by atoms with Crippen molar-refractivity contribution in [1.29, 1.82) is 0 Å². The molecule has 2 aromatic rings. The highest BCUT2D eigenvalue weighted by Gasteiger charge is 2.36. The highest BCUT2D eigenvalue weighted by molar-refractivity contribution is 5.99. The van der Waals surface area contributed by atoms with E-state index >= 15 is 0 Å². The second-order valence-corrected chi connectivity index (χ2v) is 11.8. The van der Waals surface area contributed by atoms with E-state index in [1.54, 1.807) is 0 Å². The summed E-state index contributed by atoms with van der Waals surface area (Å²) in [5.41, 5.74) is 2.65. The third-order valence-corrected chi connectivity index (χ3v) is 9.37. The van der Waals surface area contributed by atoms with Crippen LogP contribution in [0.25, 0.3) is 0 Å². The summed E-state index contributed by atoms with van der Waals surface area (Å²) in [6.45, 7) is 1.98. The Hall–Kier alpha value is -2.26. The molecule has 3 heteroatoms. The van der Waals surface area contributed by atoms with E-state index in [0.29, 0.717) is 24.7 Å². The number of benzene rings is 2. The number of nitrogens with zero attached hydrogens (tertiary/aromatic N) is 1. The molecule has 3 unspecified atom stereocenters. The third-order valence-electron chi connectivity index (χ3n) is 9.37. The molecule has 1 aliphatic heterocycles. The van der Waals surface area contributed by atoms with Gasteiger partial charge >= 0.3 is 0 Å². The minimum absolute atomic E-state index is 0.171. The Balaban J connectivity index is 1.11. The lowest BCUT2D eigenvalue weighted by atomic mass is 9.64. The smallest absolute Gasteiger partial charge is 0.140 e. The van der Waals surface area contributed by atoms with Gasteiger partial charge in [-0.1, -0.05) is 92.8 Å². The molecule has 0 spiro atoms. The lowest BCUT2D eigenvalue weighted by Crippen LogP contribution is -2.38. The van der Waals surface area contributed by atoms with Gasteiger partial charge in [0.1, 0.15) is 11.6 Å². The summed E-state index contributed by atoms with van der Waals surface area (Å²) in [6, 6.07) is 21.8. The van der Waals surface area contributed by atoms with Crippen LogP contribution < -0.4 is 0 Å². The highest BCUT2D eigenvalue weighted by Crippen LogP contribution is 2.45. The van der Waals surface area contributed by atoms with Crippen LogP contribution in [-0.2, 0) is 9.59 Å². The number of rotatable bonds is 9. The SMILES string of the molecule is O=C(CC(=O)CC1CCCC2CCCCC21)CC1CCN(C(c2ccccc2)c2ccccc2)CC1. The Morgan fingerprint density at radius 2 is 1.28 bits per heavy atom. The summed E-state index contributed by atoms with van der Waals surface area (Å²) in [5.74, 6) is 2.94. The van der Waals surface area contributed by atoms with Gasteiger partial charge in [0.05, 0.1) is 12.5 Å². The number of ketones is 2. The summed E-state index contributed by atoms with van der Waals surface area (Å²) in [5, 5.41) is 0. The Kier molecular flexibility index (Phi) is 8.69. The predicted molar refractivity (Wildman–Crippen MR) is 146 cm³/mol. The van der Waals surface area contributed by atoms with Crippen LogP contribution in [-0.4, -0.2) is 29.6 Å². The molecule has 192 valence electrons. The van der Waals surface area contributed by atoms with Gasteiger partial charge in [-0.05, 0) is 73.6 Å². The highest BCUT2D eigenvalue weighted by atomic mass is 16.1. The van der Waals surface area contributed by atoms with Gasteiger partial charge in [0, 0.05) is 12.8 Å². The molecule has 3 aliphatic rings. The molecule has 0 aromatic heterocycles. The first kappa shape index (κ1) is 25.4. The average molecular weight is 486 g/mol. The molecule has 3 nitrogen and oxygen atoms in total. The van der Waals surface area contributed by atoms with Crippen LogP contribution in [0.4, 0.5) is 0 Å². The normalized spacial score (nSPS) is 25.4. The Morgan fingerprint density at radius 3 is 1.94 bits per heavy atom. The second-order valence-electron chi connectivity index (χ2n) is 11.8. The first-order valence-electron chi connectivity index (χ1n) is 14.5. The number of carbonyl (C=O) groups excluding carboxylic acids is 2. The van der Waals surface area contributed by atoms with Crippen molar-refractivity contribution in [2.24, 2.45) is 23.7 Å². The lowest BCUT2D eigenvalue weighted by molar-refractivity contribution is -0.128. The van der Waals surface area contributed by atoms with E-state index in [1.807, 2.05) is 0 Å². The molecule has 2 aliphatic carbocycles. The largest absolute Gasteiger partial charge is 0.299 e. The molecule has 0 bridgehead atoms. The number of hydrogen-bond acceptors (Lipinski definition) is 3. The maximum absolute atomic E-state index is 12.9. The van der Waals surface area contributed by atoms with Crippen molar-refractivity contribution < 1.29 is 9.59 Å². The number of fused-ring (bicyclic) bond motifs is 1. The fourth-order valence-corrected chi connectivity index (χ4v) is 7.60. The fourth-order valence-electron chi connectivity index (χ4n) is 7.60. The van der Waals surface area contributed by atoms with Crippen molar-refractivity contribution in [2.75, 3.05) is 13.1 Å². The van der Waals surface area contributed by atoms with Crippen molar-refractivity contribution in [2.45, 2.75) is 83.1 Å². The molecule has 36 heavy (non-hydrogen) atoms. The lowest BCUT2D eigenvalue weighted by Gasteiger charge is -2.41. The maximum atomic E-state index is 12.9. The number of piperidine rings is 1. The van der Waals surface area contributed by atoms with E-state index in [-0.39, 0.29) is 24.0 Å². The van der Waals surface area contributed by atoms with E-state index in [1.165, 1.54) is 56.1 Å². The van der Waals surface area contributed by atoms with Crippen molar-refractivity contribution in [1.82, 2.24) is 4.90 Å². The standard InChI is InChI=1S/C33H43NO2/c35-30(24-31(36)23-29-16-9-15-26-10-7-8-17-32(26)29)22-25-18-20-34(21-19-25)33(27-11-3-1-4-12-27)28-13-5-2-6-14-28/h1-6,11-14,25-26,29,32-33H,7-10,15-24H2. The van der Waals surface area contributed by atoms with Gasteiger partial charge in [0.25, 0.3) is 0 Å². The van der Waals surface area contributed by atoms with Crippen LogP contribution in [0.2, 0.25) is 0 Å². The molecule has 3 atom stereocenters. The van der Waals surface area contributed by atoms with E-state index in [0.717, 1.165) is 37.8 Å². The molecule has 3 fully saturated rings. The molecule has 5 rings (SSSR count). The van der Waals surface area contributed by atoms with Crippen LogP contribution in [0.1, 0.15) is 94.2 Å². The summed E-state index contributed by atoms with van der Waals surface area (Å²) >= 11 is 0. The summed E-state index contributed by atoms with van der Waals surface area (Å²) in [4.78, 5) is 28.3. The van der Waals surface area contributed by atoms with Crippen LogP contribution in [0.3, 0.4) is 0 Å². The first-order chi connectivity index (χ1) is 17.7. The molecule has 2 aromatic carbocycles. The molecule has 0 amide bonds. The minimum Gasteiger partial charge on any atom is -0.299 e. The first-order valence-corrected chi connectivity index (χ1v) is 14.5. The van der Waals surface area contributed by atoms with E-state index < -0.39 is 0 Å². The van der Waals surface area contributed by atoms with Crippen molar-refractivity contribution in [3.63, 3.8) is 0 Å². The second kappa shape index (κ2) is 12.3. The fraction of sp³-hybridized carbons (Fsp3) is 0.576. The average Bonchev–Trinajstić information content (AvgIpc) is 2.91. The van der Waals surface area contributed by atoms with Gasteiger partial charge in [-0.2, -0.15) is 0 Å². The van der Waals surface area contributed by atoms with Gasteiger partial charge in [-0.25, -0.2) is 0 Å². The van der Waals surface area contributed by atoms with Crippen molar-refractivity contribution >= 4 is 11.6 Å². The van der Waals surface area contributed by atoms with E-state index in [9.17, 15) is 9.59 Å². The Labute approximate surface area is 217 Å². The molecule has 1 heterocycles. The van der Waals surface area contributed by atoms with E-state index in [2.05, 4.69) is 65.6 Å². The molecular weight excluding hydrogens is 442 g/mol. The van der Waals surface area contributed by atoms with Gasteiger partial charge in [-0.3, -0.25) is 14.5 Å². The molecule has 0 radical (unpaired) electrons. The Bertz CT molecular complexity index is 938. The predicted octanol–water partition coefficient (Wildman–Crippen LogP) is 7.40. The van der Waals surface area contributed by atoms with Crippen LogP contribution >= 0.6 is 0 Å². The van der Waals surface area contributed by atoms with Gasteiger partial charge < -0.3 is 0 Å². The van der Waals surface area contributed by atoms with Crippen molar-refractivity contribution in [3.05, 3.63) is 71.8 Å². The number of Topliss-reactive ketones (excluding diaryl/α,β-unsaturated/α-hetero) is 2. The van der Waals surface area contributed by atoms with E-state index in [4.69, 9.17) is 0 Å². The van der Waals surface area contributed by atoms with Gasteiger partial charge in [-0.15, -0.1) is 0 Å².